The van der Waals surface area contributed by atoms with Crippen molar-refractivity contribution in [2.75, 3.05) is 0 Å². The molecule has 0 bridgehead atoms. The third-order valence-corrected chi connectivity index (χ3v) is 3.37. The van der Waals surface area contributed by atoms with Crippen molar-refractivity contribution in [1.82, 2.24) is 4.98 Å². The Balaban J connectivity index is 1.97. The Morgan fingerprint density at radius 2 is 2.24 bits per heavy atom. The van der Waals surface area contributed by atoms with Crippen LogP contribution in [-0.4, -0.2) is 16.1 Å². The minimum atomic E-state index is -0.969. The number of rotatable bonds is 4. The van der Waals surface area contributed by atoms with Gasteiger partial charge in [0, 0.05) is 6.20 Å². The molecular weight excluding hydrogens is 306 g/mol. The summed E-state index contributed by atoms with van der Waals surface area (Å²) >= 11 is 4.72. The summed E-state index contributed by atoms with van der Waals surface area (Å²) < 4.78 is 6.04. The fourth-order valence-electron chi connectivity index (χ4n) is 1.17. The van der Waals surface area contributed by atoms with E-state index in [0.717, 1.165) is 10.8 Å². The van der Waals surface area contributed by atoms with E-state index >= 15 is 0 Å². The number of hydrogen-bond donors (Lipinski definition) is 1. The standard InChI is InChI=1S/C11H8BrNO3S/c12-9-3-2-8(16-9)6-17-10-4-1-7(5-13-10)11(14)15/h1-5H,6H2,(H,14,15). The van der Waals surface area contributed by atoms with Gasteiger partial charge in [0.25, 0.3) is 0 Å². The molecule has 0 saturated carbocycles. The maximum absolute atomic E-state index is 10.6. The summed E-state index contributed by atoms with van der Waals surface area (Å²) in [7, 11) is 0. The Labute approximate surface area is 110 Å². The highest BCUT2D eigenvalue weighted by molar-refractivity contribution is 9.10. The normalized spacial score (nSPS) is 10.4. The molecule has 0 aliphatic rings. The zero-order chi connectivity index (χ0) is 12.3. The maximum atomic E-state index is 10.6. The summed E-state index contributed by atoms with van der Waals surface area (Å²) in [5, 5.41) is 9.49. The first-order valence-corrected chi connectivity index (χ1v) is 6.49. The van der Waals surface area contributed by atoms with Crippen LogP contribution in [0.4, 0.5) is 0 Å². The third kappa shape index (κ3) is 3.34. The number of carboxylic acid groups (broad SMARTS) is 1. The van der Waals surface area contributed by atoms with E-state index in [9.17, 15) is 4.79 Å². The van der Waals surface area contributed by atoms with Gasteiger partial charge in [-0.05, 0) is 40.2 Å². The summed E-state index contributed by atoms with van der Waals surface area (Å²) in [5.74, 6) is 0.528. The zero-order valence-electron chi connectivity index (χ0n) is 8.59. The lowest BCUT2D eigenvalue weighted by molar-refractivity contribution is 0.0696. The number of thioether (sulfide) groups is 1. The molecule has 2 aromatic heterocycles. The average Bonchev–Trinajstić information content (AvgIpc) is 2.73. The van der Waals surface area contributed by atoms with E-state index in [1.54, 1.807) is 6.07 Å². The van der Waals surface area contributed by atoms with E-state index in [1.807, 2.05) is 12.1 Å². The fraction of sp³-hybridized carbons (Fsp3) is 0.0909. The number of carbonyl (C=O) groups is 1. The van der Waals surface area contributed by atoms with Crippen molar-refractivity contribution in [2.45, 2.75) is 10.8 Å². The van der Waals surface area contributed by atoms with E-state index in [2.05, 4.69) is 20.9 Å². The van der Waals surface area contributed by atoms with Gasteiger partial charge in [0.1, 0.15) is 5.76 Å². The molecule has 0 amide bonds. The molecule has 0 fully saturated rings. The van der Waals surface area contributed by atoms with Crippen LogP contribution in [0.1, 0.15) is 16.1 Å². The molecule has 4 nitrogen and oxygen atoms in total. The molecule has 0 unspecified atom stereocenters. The van der Waals surface area contributed by atoms with Crippen LogP contribution >= 0.6 is 27.7 Å². The smallest absolute Gasteiger partial charge is 0.337 e. The highest BCUT2D eigenvalue weighted by Gasteiger charge is 2.05. The van der Waals surface area contributed by atoms with Gasteiger partial charge in [-0.1, -0.05) is 11.8 Å². The summed E-state index contributed by atoms with van der Waals surface area (Å²) in [6.45, 7) is 0. The highest BCUT2D eigenvalue weighted by atomic mass is 79.9. The monoisotopic (exact) mass is 313 g/mol. The van der Waals surface area contributed by atoms with Gasteiger partial charge in [-0.25, -0.2) is 9.78 Å². The second-order valence-electron chi connectivity index (χ2n) is 3.18. The van der Waals surface area contributed by atoms with Gasteiger partial charge < -0.3 is 9.52 Å². The Morgan fingerprint density at radius 1 is 1.41 bits per heavy atom. The number of aromatic nitrogens is 1. The predicted octanol–water partition coefficient (Wildman–Crippen LogP) is 3.43. The number of hydrogen-bond acceptors (Lipinski definition) is 4. The Hall–Kier alpha value is -1.27. The van der Waals surface area contributed by atoms with Crippen molar-refractivity contribution < 1.29 is 14.3 Å². The molecule has 0 saturated heterocycles. The Morgan fingerprint density at radius 3 is 2.76 bits per heavy atom. The van der Waals surface area contributed by atoms with E-state index in [4.69, 9.17) is 9.52 Å². The first-order chi connectivity index (χ1) is 8.15. The largest absolute Gasteiger partial charge is 0.478 e. The van der Waals surface area contributed by atoms with Gasteiger partial charge >= 0.3 is 5.97 Å². The van der Waals surface area contributed by atoms with Crippen LogP contribution in [-0.2, 0) is 5.75 Å². The number of carboxylic acids is 1. The molecule has 88 valence electrons. The molecule has 0 atom stereocenters. The molecule has 0 spiro atoms. The van der Waals surface area contributed by atoms with Crippen LogP contribution in [0.3, 0.4) is 0 Å². The lowest BCUT2D eigenvalue weighted by atomic mass is 10.3. The van der Waals surface area contributed by atoms with Gasteiger partial charge in [-0.3, -0.25) is 0 Å². The van der Waals surface area contributed by atoms with Crippen molar-refractivity contribution in [2.24, 2.45) is 0 Å². The highest BCUT2D eigenvalue weighted by Crippen LogP contribution is 2.23. The van der Waals surface area contributed by atoms with Crippen molar-refractivity contribution in [3.8, 4) is 0 Å². The van der Waals surface area contributed by atoms with E-state index in [-0.39, 0.29) is 5.56 Å². The van der Waals surface area contributed by atoms with Gasteiger partial charge in [0.05, 0.1) is 16.3 Å². The third-order valence-electron chi connectivity index (χ3n) is 1.97. The van der Waals surface area contributed by atoms with E-state index in [1.165, 1.54) is 24.0 Å². The Kier molecular flexibility index (Phi) is 3.86. The number of aromatic carboxylic acids is 1. The van der Waals surface area contributed by atoms with Crippen LogP contribution < -0.4 is 0 Å². The Bertz CT molecular complexity index is 524. The van der Waals surface area contributed by atoms with Crippen LogP contribution in [0.25, 0.3) is 0 Å². The molecule has 0 aliphatic carbocycles. The van der Waals surface area contributed by atoms with Gasteiger partial charge in [0.2, 0.25) is 0 Å². The maximum Gasteiger partial charge on any atom is 0.337 e. The molecule has 2 rings (SSSR count). The molecule has 2 heterocycles. The van der Waals surface area contributed by atoms with Crippen LogP contribution in [0, 0.1) is 0 Å². The van der Waals surface area contributed by atoms with Crippen molar-refractivity contribution in [3.05, 3.63) is 46.5 Å². The molecule has 17 heavy (non-hydrogen) atoms. The lowest BCUT2D eigenvalue weighted by Crippen LogP contribution is -1.96. The molecular formula is C11H8BrNO3S. The van der Waals surface area contributed by atoms with Crippen LogP contribution in [0.2, 0.25) is 0 Å². The predicted molar refractivity (Wildman–Crippen MR) is 67.2 cm³/mol. The zero-order valence-corrected chi connectivity index (χ0v) is 11.0. The summed E-state index contributed by atoms with van der Waals surface area (Å²) in [6.07, 6.45) is 1.35. The number of nitrogens with zero attached hydrogens (tertiary/aromatic N) is 1. The fourth-order valence-corrected chi connectivity index (χ4v) is 2.24. The first kappa shape index (κ1) is 12.2. The molecule has 0 radical (unpaired) electrons. The minimum Gasteiger partial charge on any atom is -0.478 e. The van der Waals surface area contributed by atoms with E-state index in [0.29, 0.717) is 10.4 Å². The molecule has 0 aliphatic heterocycles. The molecule has 6 heteroatoms. The summed E-state index contributed by atoms with van der Waals surface area (Å²) in [6, 6.07) is 6.93. The number of furan rings is 1. The van der Waals surface area contributed by atoms with Crippen molar-refractivity contribution in [3.63, 3.8) is 0 Å². The van der Waals surface area contributed by atoms with E-state index < -0.39 is 5.97 Å². The second kappa shape index (κ2) is 5.37. The molecule has 2 aromatic rings. The first-order valence-electron chi connectivity index (χ1n) is 4.71. The quantitative estimate of drug-likeness (QED) is 0.876. The van der Waals surface area contributed by atoms with Gasteiger partial charge in [-0.2, -0.15) is 0 Å². The summed E-state index contributed by atoms with van der Waals surface area (Å²) in [4.78, 5) is 14.7. The van der Waals surface area contributed by atoms with Crippen LogP contribution in [0.5, 0.6) is 0 Å². The van der Waals surface area contributed by atoms with Crippen LogP contribution in [0.15, 0.2) is 44.6 Å². The lowest BCUT2D eigenvalue weighted by Gasteiger charge is -1.99. The number of pyridine rings is 1. The molecule has 0 aromatic carbocycles. The minimum absolute atomic E-state index is 0.190. The summed E-state index contributed by atoms with van der Waals surface area (Å²) in [5.41, 5.74) is 0.190. The SMILES string of the molecule is O=C(O)c1ccc(SCc2ccc(Br)o2)nc1. The topological polar surface area (TPSA) is 63.3 Å². The second-order valence-corrected chi connectivity index (χ2v) is 4.96. The molecule has 1 N–H and O–H groups in total. The van der Waals surface area contributed by atoms with Gasteiger partial charge in [0.15, 0.2) is 4.67 Å². The average molecular weight is 314 g/mol. The van der Waals surface area contributed by atoms with Crippen molar-refractivity contribution in [1.29, 1.82) is 0 Å². The number of halogens is 1. The van der Waals surface area contributed by atoms with Crippen molar-refractivity contribution >= 4 is 33.7 Å². The van der Waals surface area contributed by atoms with Gasteiger partial charge in [-0.15, -0.1) is 0 Å².